The van der Waals surface area contributed by atoms with Crippen molar-refractivity contribution in [1.29, 1.82) is 0 Å². The van der Waals surface area contributed by atoms with Gasteiger partial charge in [-0.3, -0.25) is 9.59 Å². The number of aliphatic hydroxyl groups excluding tert-OH is 1. The highest BCUT2D eigenvalue weighted by atomic mass is 19.1. The van der Waals surface area contributed by atoms with E-state index in [1.54, 1.807) is 18.3 Å². The van der Waals surface area contributed by atoms with Gasteiger partial charge in [-0.05, 0) is 37.1 Å². The van der Waals surface area contributed by atoms with Crippen LogP contribution in [0.4, 0.5) is 4.39 Å². The Hall–Kier alpha value is -3.00. The highest BCUT2D eigenvalue weighted by Crippen LogP contribution is 2.25. The number of aliphatic hydroxyl groups is 1. The zero-order chi connectivity index (χ0) is 20.4. The van der Waals surface area contributed by atoms with E-state index in [0.717, 1.165) is 38.8 Å². The number of fused-ring (bicyclic) bond motifs is 1. The van der Waals surface area contributed by atoms with E-state index in [9.17, 15) is 19.1 Å². The first-order valence-electron chi connectivity index (χ1n) is 9.83. The SMILES string of the molecule is O=C(Cn1ccn2nc(-c3ccc(F)cc3)c(CO)c2c1=O)N1CCCCCC1. The lowest BCUT2D eigenvalue weighted by atomic mass is 10.1. The Morgan fingerprint density at radius 1 is 1.07 bits per heavy atom. The Morgan fingerprint density at radius 2 is 1.76 bits per heavy atom. The van der Waals surface area contributed by atoms with Gasteiger partial charge in [0.2, 0.25) is 5.91 Å². The Morgan fingerprint density at radius 3 is 2.41 bits per heavy atom. The predicted molar refractivity (Wildman–Crippen MR) is 106 cm³/mol. The van der Waals surface area contributed by atoms with Crippen LogP contribution in [0.25, 0.3) is 16.8 Å². The number of carbonyl (C=O) groups excluding carboxylic acids is 1. The number of hydrogen-bond donors (Lipinski definition) is 1. The van der Waals surface area contributed by atoms with E-state index in [-0.39, 0.29) is 29.3 Å². The van der Waals surface area contributed by atoms with Gasteiger partial charge in [0.05, 0.1) is 12.3 Å². The quantitative estimate of drug-likeness (QED) is 0.731. The highest BCUT2D eigenvalue weighted by Gasteiger charge is 2.20. The molecule has 0 unspecified atom stereocenters. The second kappa shape index (κ2) is 8.16. The van der Waals surface area contributed by atoms with Gasteiger partial charge in [-0.25, -0.2) is 8.91 Å². The molecule has 3 heterocycles. The summed E-state index contributed by atoms with van der Waals surface area (Å²) >= 11 is 0. The highest BCUT2D eigenvalue weighted by molar-refractivity contribution is 5.76. The Balaban J connectivity index is 1.70. The monoisotopic (exact) mass is 398 g/mol. The van der Waals surface area contributed by atoms with Crippen LogP contribution in [-0.2, 0) is 17.9 Å². The van der Waals surface area contributed by atoms with Gasteiger partial charge >= 0.3 is 0 Å². The van der Waals surface area contributed by atoms with E-state index in [0.29, 0.717) is 16.8 Å². The lowest BCUT2D eigenvalue weighted by molar-refractivity contribution is -0.131. The smallest absolute Gasteiger partial charge is 0.277 e. The number of aromatic nitrogens is 3. The molecule has 0 bridgehead atoms. The van der Waals surface area contributed by atoms with E-state index in [4.69, 9.17) is 0 Å². The van der Waals surface area contributed by atoms with E-state index in [1.807, 2.05) is 4.90 Å². The van der Waals surface area contributed by atoms with Gasteiger partial charge in [0.1, 0.15) is 17.9 Å². The van der Waals surface area contributed by atoms with E-state index >= 15 is 0 Å². The fourth-order valence-electron chi connectivity index (χ4n) is 3.83. The molecule has 7 nitrogen and oxygen atoms in total. The number of carbonyl (C=O) groups is 1. The third-order valence-electron chi connectivity index (χ3n) is 5.40. The summed E-state index contributed by atoms with van der Waals surface area (Å²) in [7, 11) is 0. The van der Waals surface area contributed by atoms with Gasteiger partial charge in [-0.1, -0.05) is 12.8 Å². The second-order valence-corrected chi connectivity index (χ2v) is 7.31. The molecule has 1 N–H and O–H groups in total. The molecule has 0 aliphatic carbocycles. The molecule has 1 aliphatic heterocycles. The summed E-state index contributed by atoms with van der Waals surface area (Å²) in [5.41, 5.74) is 1.21. The molecule has 1 saturated heterocycles. The van der Waals surface area contributed by atoms with Gasteiger partial charge in [-0.2, -0.15) is 5.10 Å². The maximum absolute atomic E-state index is 13.2. The van der Waals surface area contributed by atoms with Crippen LogP contribution in [0.2, 0.25) is 0 Å². The number of nitrogens with zero attached hydrogens (tertiary/aromatic N) is 4. The summed E-state index contributed by atoms with van der Waals surface area (Å²) in [6, 6.07) is 5.71. The van der Waals surface area contributed by atoms with E-state index < -0.39 is 6.61 Å². The van der Waals surface area contributed by atoms with Crippen LogP contribution in [0, 0.1) is 5.82 Å². The first-order chi connectivity index (χ1) is 14.1. The number of amides is 1. The molecule has 2 aromatic heterocycles. The van der Waals surface area contributed by atoms with Gasteiger partial charge in [0.25, 0.3) is 5.56 Å². The van der Waals surface area contributed by atoms with Crippen LogP contribution in [0.3, 0.4) is 0 Å². The molecule has 1 aliphatic rings. The van der Waals surface area contributed by atoms with Crippen molar-refractivity contribution in [1.82, 2.24) is 19.1 Å². The lowest BCUT2D eigenvalue weighted by Crippen LogP contribution is -2.37. The number of hydrogen-bond acceptors (Lipinski definition) is 4. The summed E-state index contributed by atoms with van der Waals surface area (Å²) < 4.78 is 16.0. The molecule has 8 heteroatoms. The Kier molecular flexibility index (Phi) is 5.44. The van der Waals surface area contributed by atoms with Gasteiger partial charge in [-0.15, -0.1) is 0 Å². The molecular weight excluding hydrogens is 375 g/mol. The maximum atomic E-state index is 13.2. The average Bonchev–Trinajstić information content (AvgIpc) is 2.89. The third kappa shape index (κ3) is 3.80. The van der Waals surface area contributed by atoms with Crippen molar-refractivity contribution in [2.24, 2.45) is 0 Å². The molecule has 3 aromatic rings. The summed E-state index contributed by atoms with van der Waals surface area (Å²) in [6.07, 6.45) is 7.34. The molecule has 1 fully saturated rings. The molecule has 29 heavy (non-hydrogen) atoms. The van der Waals surface area contributed by atoms with Crippen molar-refractivity contribution in [3.63, 3.8) is 0 Å². The minimum absolute atomic E-state index is 0.0444. The molecule has 0 atom stereocenters. The Labute approximate surface area is 167 Å². The van der Waals surface area contributed by atoms with Crippen LogP contribution < -0.4 is 5.56 Å². The van der Waals surface area contributed by atoms with Crippen LogP contribution in [-0.4, -0.2) is 43.2 Å². The fourth-order valence-corrected chi connectivity index (χ4v) is 3.83. The number of likely N-dealkylation sites (tertiary alicyclic amines) is 1. The Bertz CT molecular complexity index is 1080. The van der Waals surface area contributed by atoms with E-state index in [2.05, 4.69) is 5.10 Å². The van der Waals surface area contributed by atoms with Crippen LogP contribution >= 0.6 is 0 Å². The molecule has 0 saturated carbocycles. The van der Waals surface area contributed by atoms with E-state index in [1.165, 1.54) is 27.4 Å². The molecule has 0 spiro atoms. The summed E-state index contributed by atoms with van der Waals surface area (Å²) in [6.45, 7) is 1.00. The van der Waals surface area contributed by atoms with Gasteiger partial charge < -0.3 is 14.6 Å². The van der Waals surface area contributed by atoms with Crippen LogP contribution in [0.5, 0.6) is 0 Å². The zero-order valence-corrected chi connectivity index (χ0v) is 16.1. The first-order valence-corrected chi connectivity index (χ1v) is 9.83. The minimum Gasteiger partial charge on any atom is -0.392 e. The van der Waals surface area contributed by atoms with Crippen molar-refractivity contribution in [2.75, 3.05) is 13.1 Å². The maximum Gasteiger partial charge on any atom is 0.277 e. The van der Waals surface area contributed by atoms with Crippen molar-refractivity contribution in [3.05, 3.63) is 58.4 Å². The largest absolute Gasteiger partial charge is 0.392 e. The molecule has 1 amide bonds. The van der Waals surface area contributed by atoms with Crippen molar-refractivity contribution >= 4 is 11.4 Å². The molecule has 152 valence electrons. The standard InChI is InChI=1S/C21H23FN4O3/c22-16-7-5-15(6-8-16)19-17(14-27)20-21(29)25(11-12-26(20)23-19)13-18(28)24-9-3-1-2-4-10-24/h5-8,11-12,27H,1-4,9-10,13-14H2. The number of rotatable bonds is 4. The lowest BCUT2D eigenvalue weighted by Gasteiger charge is -2.20. The zero-order valence-electron chi connectivity index (χ0n) is 16.1. The molecule has 0 radical (unpaired) electrons. The molecular formula is C21H23FN4O3. The number of benzene rings is 1. The van der Waals surface area contributed by atoms with Gasteiger partial charge in [0, 0.05) is 36.6 Å². The average molecular weight is 398 g/mol. The predicted octanol–water partition coefficient (Wildman–Crippen LogP) is 2.20. The first kappa shape index (κ1) is 19.3. The van der Waals surface area contributed by atoms with Crippen LogP contribution in [0.15, 0.2) is 41.5 Å². The summed E-state index contributed by atoms with van der Waals surface area (Å²) in [5, 5.41) is 14.3. The van der Waals surface area contributed by atoms with Crippen molar-refractivity contribution in [2.45, 2.75) is 38.8 Å². The number of halogens is 1. The van der Waals surface area contributed by atoms with Crippen molar-refractivity contribution in [3.8, 4) is 11.3 Å². The minimum atomic E-state index is -0.393. The summed E-state index contributed by atoms with van der Waals surface area (Å²) in [5.74, 6) is -0.459. The van der Waals surface area contributed by atoms with Crippen LogP contribution in [0.1, 0.15) is 31.2 Å². The third-order valence-corrected chi connectivity index (χ3v) is 5.40. The topological polar surface area (TPSA) is 79.8 Å². The summed E-state index contributed by atoms with van der Waals surface area (Å²) in [4.78, 5) is 27.6. The fraction of sp³-hybridized carbons (Fsp3) is 0.381. The molecule has 4 rings (SSSR count). The normalized spacial score (nSPS) is 14.9. The van der Waals surface area contributed by atoms with Gasteiger partial charge in [0.15, 0.2) is 0 Å². The van der Waals surface area contributed by atoms with Crippen molar-refractivity contribution < 1.29 is 14.3 Å². The second-order valence-electron chi connectivity index (χ2n) is 7.31. The molecule has 1 aromatic carbocycles.